The molecule has 0 saturated heterocycles. The second-order valence-corrected chi connectivity index (χ2v) is 5.59. The highest BCUT2D eigenvalue weighted by Crippen LogP contribution is 2.23. The van der Waals surface area contributed by atoms with Crippen LogP contribution in [0.1, 0.15) is 30.6 Å². The first-order valence-corrected chi connectivity index (χ1v) is 7.93. The SMILES string of the molecule is CCCOc1ccc(Cl)cc1CNCC(O)c1ccccc1. The summed E-state index contributed by atoms with van der Waals surface area (Å²) in [6, 6.07) is 15.2. The fourth-order valence-electron chi connectivity index (χ4n) is 2.18. The number of hydrogen-bond donors (Lipinski definition) is 2. The molecule has 0 amide bonds. The number of benzene rings is 2. The Morgan fingerprint density at radius 1 is 1.18 bits per heavy atom. The molecule has 0 aliphatic carbocycles. The summed E-state index contributed by atoms with van der Waals surface area (Å²) < 4.78 is 5.72. The van der Waals surface area contributed by atoms with Crippen LogP contribution < -0.4 is 10.1 Å². The standard InChI is InChI=1S/C18H22ClNO2/c1-2-10-22-18-9-8-16(19)11-15(18)12-20-13-17(21)14-6-4-3-5-7-14/h3-9,11,17,20-21H,2,10,12-13H2,1H3. The van der Waals surface area contributed by atoms with E-state index in [9.17, 15) is 5.11 Å². The summed E-state index contributed by atoms with van der Waals surface area (Å²) in [5.74, 6) is 0.841. The molecule has 0 fully saturated rings. The summed E-state index contributed by atoms with van der Waals surface area (Å²) in [5, 5.41) is 14.1. The van der Waals surface area contributed by atoms with E-state index in [0.717, 1.165) is 23.3 Å². The minimum absolute atomic E-state index is 0.476. The van der Waals surface area contributed by atoms with Crippen LogP contribution in [0.4, 0.5) is 0 Å². The lowest BCUT2D eigenvalue weighted by Gasteiger charge is -2.15. The Labute approximate surface area is 136 Å². The van der Waals surface area contributed by atoms with E-state index in [1.54, 1.807) is 0 Å². The molecule has 2 aromatic carbocycles. The zero-order valence-electron chi connectivity index (χ0n) is 12.8. The molecule has 2 N–H and O–H groups in total. The highest BCUT2D eigenvalue weighted by atomic mass is 35.5. The lowest BCUT2D eigenvalue weighted by atomic mass is 10.1. The van der Waals surface area contributed by atoms with Gasteiger partial charge in [0.2, 0.25) is 0 Å². The molecule has 0 aliphatic rings. The fraction of sp³-hybridized carbons (Fsp3) is 0.333. The molecule has 0 aliphatic heterocycles. The number of ether oxygens (including phenoxy) is 1. The third-order valence-corrected chi connectivity index (χ3v) is 3.56. The number of rotatable bonds is 8. The van der Waals surface area contributed by atoms with Crippen molar-refractivity contribution in [3.05, 3.63) is 64.7 Å². The van der Waals surface area contributed by atoms with E-state index in [1.165, 1.54) is 0 Å². The quantitative estimate of drug-likeness (QED) is 0.774. The van der Waals surface area contributed by atoms with Crippen LogP contribution in [-0.2, 0) is 6.54 Å². The van der Waals surface area contributed by atoms with Gasteiger partial charge in [0.15, 0.2) is 0 Å². The molecule has 1 atom stereocenters. The van der Waals surface area contributed by atoms with Crippen LogP contribution in [0, 0.1) is 0 Å². The first-order valence-electron chi connectivity index (χ1n) is 7.55. The Bertz CT molecular complexity index is 575. The number of nitrogens with one attached hydrogen (secondary N) is 1. The van der Waals surface area contributed by atoms with Gasteiger partial charge in [-0.1, -0.05) is 48.9 Å². The first kappa shape index (κ1) is 16.8. The first-order chi connectivity index (χ1) is 10.7. The van der Waals surface area contributed by atoms with Gasteiger partial charge in [-0.05, 0) is 30.2 Å². The summed E-state index contributed by atoms with van der Waals surface area (Å²) in [6.07, 6.45) is 0.433. The van der Waals surface area contributed by atoms with Crippen molar-refractivity contribution in [1.82, 2.24) is 5.32 Å². The van der Waals surface area contributed by atoms with E-state index in [4.69, 9.17) is 16.3 Å². The molecule has 22 heavy (non-hydrogen) atoms. The largest absolute Gasteiger partial charge is 0.493 e. The predicted molar refractivity (Wildman–Crippen MR) is 90.3 cm³/mol. The molecule has 0 radical (unpaired) electrons. The van der Waals surface area contributed by atoms with Crippen LogP contribution in [0.3, 0.4) is 0 Å². The normalized spacial score (nSPS) is 12.1. The van der Waals surface area contributed by atoms with Crippen LogP contribution in [0.15, 0.2) is 48.5 Å². The van der Waals surface area contributed by atoms with Crippen molar-refractivity contribution in [3.8, 4) is 5.75 Å². The van der Waals surface area contributed by atoms with Crippen LogP contribution >= 0.6 is 11.6 Å². The van der Waals surface area contributed by atoms with Gasteiger partial charge in [0.25, 0.3) is 0 Å². The van der Waals surface area contributed by atoms with Gasteiger partial charge in [-0.2, -0.15) is 0 Å². The zero-order valence-corrected chi connectivity index (χ0v) is 13.5. The maximum Gasteiger partial charge on any atom is 0.123 e. The summed E-state index contributed by atoms with van der Waals surface area (Å²) in [7, 11) is 0. The van der Waals surface area contributed by atoms with E-state index < -0.39 is 6.10 Å². The van der Waals surface area contributed by atoms with E-state index >= 15 is 0 Å². The van der Waals surface area contributed by atoms with Gasteiger partial charge in [0.1, 0.15) is 5.75 Å². The molecular weight excluding hydrogens is 298 g/mol. The maximum atomic E-state index is 10.1. The molecule has 2 rings (SSSR count). The van der Waals surface area contributed by atoms with Gasteiger partial charge < -0.3 is 15.2 Å². The second-order valence-electron chi connectivity index (χ2n) is 5.16. The summed E-state index contributed by atoms with van der Waals surface area (Å²) >= 11 is 6.06. The molecule has 0 bridgehead atoms. The van der Waals surface area contributed by atoms with Crippen molar-refractivity contribution in [2.24, 2.45) is 0 Å². The van der Waals surface area contributed by atoms with Gasteiger partial charge in [0.05, 0.1) is 12.7 Å². The fourth-order valence-corrected chi connectivity index (χ4v) is 2.37. The van der Waals surface area contributed by atoms with Crippen molar-refractivity contribution in [2.75, 3.05) is 13.2 Å². The third-order valence-electron chi connectivity index (χ3n) is 3.32. The number of aliphatic hydroxyl groups is 1. The average molecular weight is 320 g/mol. The third kappa shape index (κ3) is 5.02. The molecule has 3 nitrogen and oxygen atoms in total. The van der Waals surface area contributed by atoms with Gasteiger partial charge >= 0.3 is 0 Å². The number of hydrogen-bond acceptors (Lipinski definition) is 3. The van der Waals surface area contributed by atoms with Crippen molar-refractivity contribution in [3.63, 3.8) is 0 Å². The highest BCUT2D eigenvalue weighted by Gasteiger charge is 2.08. The highest BCUT2D eigenvalue weighted by molar-refractivity contribution is 6.30. The molecular formula is C18H22ClNO2. The summed E-state index contributed by atoms with van der Waals surface area (Å²) in [4.78, 5) is 0. The molecule has 0 heterocycles. The summed E-state index contributed by atoms with van der Waals surface area (Å²) in [5.41, 5.74) is 1.91. The van der Waals surface area contributed by atoms with Crippen LogP contribution in [0.2, 0.25) is 5.02 Å². The second kappa shape index (κ2) is 8.79. The van der Waals surface area contributed by atoms with E-state index in [1.807, 2.05) is 48.5 Å². The monoisotopic (exact) mass is 319 g/mol. The van der Waals surface area contributed by atoms with Gasteiger partial charge in [-0.25, -0.2) is 0 Å². The van der Waals surface area contributed by atoms with Gasteiger partial charge in [-0.3, -0.25) is 0 Å². The average Bonchev–Trinajstić information content (AvgIpc) is 2.55. The smallest absolute Gasteiger partial charge is 0.123 e. The lowest BCUT2D eigenvalue weighted by molar-refractivity contribution is 0.174. The van der Waals surface area contributed by atoms with E-state index in [2.05, 4.69) is 12.2 Å². The van der Waals surface area contributed by atoms with Gasteiger partial charge in [0, 0.05) is 23.7 Å². The zero-order chi connectivity index (χ0) is 15.8. The topological polar surface area (TPSA) is 41.5 Å². The molecule has 1 unspecified atom stereocenters. The Morgan fingerprint density at radius 2 is 1.95 bits per heavy atom. The van der Waals surface area contributed by atoms with Crippen LogP contribution in [-0.4, -0.2) is 18.3 Å². The van der Waals surface area contributed by atoms with Crippen LogP contribution in [0.5, 0.6) is 5.75 Å². The van der Waals surface area contributed by atoms with Crippen molar-refractivity contribution in [2.45, 2.75) is 26.0 Å². The van der Waals surface area contributed by atoms with Crippen molar-refractivity contribution in [1.29, 1.82) is 0 Å². The van der Waals surface area contributed by atoms with Crippen molar-refractivity contribution < 1.29 is 9.84 Å². The van der Waals surface area contributed by atoms with Gasteiger partial charge in [-0.15, -0.1) is 0 Å². The van der Waals surface area contributed by atoms with E-state index in [-0.39, 0.29) is 0 Å². The molecule has 2 aromatic rings. The Hall–Kier alpha value is -1.55. The molecule has 0 saturated carbocycles. The van der Waals surface area contributed by atoms with Crippen molar-refractivity contribution >= 4 is 11.6 Å². The minimum atomic E-state index is -0.527. The van der Waals surface area contributed by atoms with E-state index in [0.29, 0.717) is 24.7 Å². The number of halogens is 1. The Kier molecular flexibility index (Phi) is 6.72. The van der Waals surface area contributed by atoms with Crippen LogP contribution in [0.25, 0.3) is 0 Å². The summed E-state index contributed by atoms with van der Waals surface area (Å²) in [6.45, 7) is 3.83. The Morgan fingerprint density at radius 3 is 2.68 bits per heavy atom. The number of aliphatic hydroxyl groups excluding tert-OH is 1. The lowest BCUT2D eigenvalue weighted by Crippen LogP contribution is -2.21. The predicted octanol–water partition coefficient (Wildman–Crippen LogP) is 3.95. The maximum absolute atomic E-state index is 10.1. The molecule has 118 valence electrons. The molecule has 0 spiro atoms. The minimum Gasteiger partial charge on any atom is -0.493 e. The molecule has 4 heteroatoms. The Balaban J connectivity index is 1.92. The molecule has 0 aromatic heterocycles.